The van der Waals surface area contributed by atoms with Crippen LogP contribution in [-0.4, -0.2) is 13.6 Å². The Balaban J connectivity index is 0. The van der Waals surface area contributed by atoms with Crippen molar-refractivity contribution in [2.45, 2.75) is 6.42 Å². The molecular weight excluding hydrogens is 253 g/mol. The van der Waals surface area contributed by atoms with Crippen LogP contribution in [0.15, 0.2) is 22.4 Å². The minimum atomic E-state index is 0.0225. The third-order valence-electron chi connectivity index (χ3n) is 0.803. The van der Waals surface area contributed by atoms with E-state index in [9.17, 15) is 0 Å². The zero-order valence-corrected chi connectivity index (χ0v) is 7.98. The molecule has 60 valence electrons. The maximum absolute atomic E-state index is 7.50. The molecule has 1 rings (SSSR count). The molecule has 1 aliphatic rings. The van der Waals surface area contributed by atoms with Crippen molar-refractivity contribution >= 4 is 23.3 Å². The van der Waals surface area contributed by atoms with Gasteiger partial charge in [-0.05, 0) is 0 Å². The van der Waals surface area contributed by atoms with Crippen molar-refractivity contribution in [3.63, 3.8) is 0 Å². The second-order valence-electron chi connectivity index (χ2n) is 1.30. The fourth-order valence-electron chi connectivity index (χ4n) is 0.465. The van der Waals surface area contributed by atoms with Crippen LogP contribution in [0.5, 0.6) is 0 Å². The summed E-state index contributed by atoms with van der Waals surface area (Å²) in [6.45, 7) is 9.00. The van der Waals surface area contributed by atoms with Gasteiger partial charge in [0, 0.05) is 0 Å². The summed E-state index contributed by atoms with van der Waals surface area (Å²) in [5, 5.41) is 0. The number of hydrogen-bond donors (Lipinski definition) is 0. The first-order valence-electron chi connectivity index (χ1n) is 2.44. The van der Waals surface area contributed by atoms with Crippen molar-refractivity contribution in [2.24, 2.45) is 0 Å². The van der Waals surface area contributed by atoms with Gasteiger partial charge in [-0.3, -0.25) is 9.59 Å². The first-order chi connectivity index (χ1) is 5.43. The molecule has 0 atom stereocenters. The van der Waals surface area contributed by atoms with Gasteiger partial charge in [-0.1, -0.05) is 0 Å². The fourth-order valence-corrected chi connectivity index (χ4v) is 1.67. The van der Waals surface area contributed by atoms with E-state index >= 15 is 0 Å². The van der Waals surface area contributed by atoms with Crippen molar-refractivity contribution in [1.82, 2.24) is 0 Å². The average Bonchev–Trinajstić information content (AvgIpc) is 2.63. The van der Waals surface area contributed by atoms with Crippen molar-refractivity contribution in [1.29, 1.82) is 0 Å². The van der Waals surface area contributed by atoms with Crippen LogP contribution < -0.4 is 0 Å². The predicted octanol–water partition coefficient (Wildman–Crippen LogP) is 1.27. The summed E-state index contributed by atoms with van der Waals surface area (Å²) in [5.74, 6) is 0. The fraction of sp³-hybridized carbons (Fsp3) is 0.143. The molecule has 2 nitrogen and oxygen atoms in total. The van der Waals surface area contributed by atoms with Crippen molar-refractivity contribution in [3.05, 3.63) is 22.4 Å². The summed E-state index contributed by atoms with van der Waals surface area (Å²) in [6, 6.07) is 0. The normalized spacial score (nSPS) is 12.3. The average molecular weight is 258 g/mol. The zero-order valence-electron chi connectivity index (χ0n) is 5.49. The Morgan fingerprint density at radius 1 is 1.36 bits per heavy atom. The van der Waals surface area contributed by atoms with E-state index in [2.05, 4.69) is 31.8 Å². The van der Waals surface area contributed by atoms with Gasteiger partial charge in [-0.25, -0.2) is 0 Å². The SMILES string of the molecule is [C]=O.[C]=O.[Cl][Ru][C]1=CC=CC1. The van der Waals surface area contributed by atoms with Crippen LogP contribution in [0.3, 0.4) is 0 Å². The van der Waals surface area contributed by atoms with E-state index < -0.39 is 0 Å². The third-order valence-corrected chi connectivity index (χ3v) is 2.88. The predicted molar refractivity (Wildman–Crippen MR) is 39.1 cm³/mol. The first-order valence-corrected chi connectivity index (χ1v) is 5.54. The molecule has 0 heterocycles. The summed E-state index contributed by atoms with van der Waals surface area (Å²) in [4.78, 5) is 15.0. The standard InChI is InChI=1S/C5H5.2CO.ClH.Ru/c1-2-4-5-3-1;2*1-2;;/h1-3H,4H2;;;1H;/q;;;;+1/p-1. The number of hydrogen-bond acceptors (Lipinski definition) is 2. The summed E-state index contributed by atoms with van der Waals surface area (Å²) < 4.78 is 1.41. The van der Waals surface area contributed by atoms with Gasteiger partial charge in [-0.15, -0.1) is 0 Å². The van der Waals surface area contributed by atoms with Crippen LogP contribution >= 0.6 is 9.69 Å². The molecule has 0 saturated heterocycles. The van der Waals surface area contributed by atoms with Crippen LogP contribution in [0, 0.1) is 0 Å². The van der Waals surface area contributed by atoms with Gasteiger partial charge < -0.3 is 0 Å². The molecule has 0 saturated carbocycles. The molecular formula is C7H5ClO2Ru. The second-order valence-corrected chi connectivity index (χ2v) is 3.53. The molecule has 0 bridgehead atoms. The van der Waals surface area contributed by atoms with Gasteiger partial charge in [0.15, 0.2) is 0 Å². The van der Waals surface area contributed by atoms with Crippen LogP contribution in [-0.2, 0) is 25.7 Å². The molecule has 0 spiro atoms. The molecule has 0 aromatic heterocycles. The van der Waals surface area contributed by atoms with Crippen LogP contribution in [0.1, 0.15) is 6.42 Å². The van der Waals surface area contributed by atoms with Crippen molar-refractivity contribution in [2.75, 3.05) is 0 Å². The van der Waals surface area contributed by atoms with Gasteiger partial charge in [-0.2, -0.15) is 0 Å². The molecule has 0 aliphatic heterocycles. The van der Waals surface area contributed by atoms with Gasteiger partial charge >= 0.3 is 54.6 Å². The van der Waals surface area contributed by atoms with E-state index in [0.717, 1.165) is 6.42 Å². The molecule has 0 N–H and O–H groups in total. The quantitative estimate of drug-likeness (QED) is 0.663. The molecule has 1 aliphatic carbocycles. The second kappa shape index (κ2) is 12.4. The van der Waals surface area contributed by atoms with Crippen molar-refractivity contribution < 1.29 is 25.7 Å². The first kappa shape index (κ1) is 13.3. The monoisotopic (exact) mass is 258 g/mol. The maximum atomic E-state index is 7.50. The molecule has 0 amide bonds. The zero-order chi connectivity index (χ0) is 9.11. The van der Waals surface area contributed by atoms with E-state index in [1.165, 1.54) is 4.17 Å². The van der Waals surface area contributed by atoms with E-state index in [-0.39, 0.29) is 16.1 Å². The molecule has 4 radical (unpaired) electrons. The Morgan fingerprint density at radius 2 is 1.91 bits per heavy atom. The molecule has 4 heteroatoms. The van der Waals surface area contributed by atoms with Crippen LogP contribution in [0.25, 0.3) is 0 Å². The Labute approximate surface area is 77.9 Å². The Hall–Kier alpha value is -0.267. The van der Waals surface area contributed by atoms with E-state index in [1.807, 2.05) is 0 Å². The summed E-state index contributed by atoms with van der Waals surface area (Å²) in [7, 11) is 5.59. The number of halogens is 1. The Bertz CT molecular complexity index is 143. The topological polar surface area (TPSA) is 34.1 Å². The van der Waals surface area contributed by atoms with Gasteiger partial charge in [0.2, 0.25) is 0 Å². The summed E-state index contributed by atoms with van der Waals surface area (Å²) in [6.07, 6.45) is 7.39. The Kier molecular flexibility index (Phi) is 15.0. The van der Waals surface area contributed by atoms with Gasteiger partial charge in [0.25, 0.3) is 13.6 Å². The molecule has 0 unspecified atom stereocenters. The molecule has 11 heavy (non-hydrogen) atoms. The van der Waals surface area contributed by atoms with E-state index in [4.69, 9.17) is 19.3 Å². The molecule has 0 aromatic rings. The number of carbonyl (C=O) groups excluding carboxylic acids is 2. The summed E-state index contributed by atoms with van der Waals surface area (Å²) in [5.41, 5.74) is 0. The van der Waals surface area contributed by atoms with Crippen LogP contribution in [0.4, 0.5) is 0 Å². The number of allylic oxidation sites excluding steroid dienone is 4. The van der Waals surface area contributed by atoms with Gasteiger partial charge in [0.1, 0.15) is 0 Å². The van der Waals surface area contributed by atoms with Crippen LogP contribution in [0.2, 0.25) is 0 Å². The minimum absolute atomic E-state index is 0.0225. The molecule has 0 fully saturated rings. The van der Waals surface area contributed by atoms with Crippen molar-refractivity contribution in [3.8, 4) is 0 Å². The van der Waals surface area contributed by atoms with Gasteiger partial charge in [0.05, 0.1) is 0 Å². The Morgan fingerprint density at radius 3 is 2.09 bits per heavy atom. The van der Waals surface area contributed by atoms with E-state index in [1.54, 1.807) is 0 Å². The summed E-state index contributed by atoms with van der Waals surface area (Å²) >= 11 is 0.0225. The van der Waals surface area contributed by atoms with E-state index in [0.29, 0.717) is 0 Å². The third kappa shape index (κ3) is 7.63. The molecule has 0 aromatic carbocycles. The number of rotatable bonds is 1.